The summed E-state index contributed by atoms with van der Waals surface area (Å²) in [6, 6.07) is 23.8. The predicted octanol–water partition coefficient (Wildman–Crippen LogP) is 8.64. The van der Waals surface area contributed by atoms with Gasteiger partial charge in [0.25, 0.3) is 0 Å². The van der Waals surface area contributed by atoms with Crippen LogP contribution in [0, 0.1) is 0 Å². The number of nitrogens with zero attached hydrogens (tertiary/aromatic N) is 4. The first kappa shape index (κ1) is 31.2. The van der Waals surface area contributed by atoms with Crippen LogP contribution in [0.1, 0.15) is 48.5 Å². The minimum Gasteiger partial charge on any atom is 1.00 e. The maximum absolute atomic E-state index is 10.7. The van der Waals surface area contributed by atoms with Crippen molar-refractivity contribution < 1.29 is 42.3 Å². The molecule has 4 rings (SSSR count). The molecule has 0 aromatic carbocycles. The van der Waals surface area contributed by atoms with E-state index in [0.717, 1.165) is 22.8 Å². The van der Waals surface area contributed by atoms with Crippen molar-refractivity contribution in [2.75, 3.05) is 0 Å². The van der Waals surface area contributed by atoms with Crippen molar-refractivity contribution in [1.29, 1.82) is 0 Å². The van der Waals surface area contributed by atoms with Gasteiger partial charge < -0.3 is 0 Å². The van der Waals surface area contributed by atoms with Crippen LogP contribution < -0.4 is 0 Å². The number of pyridine rings is 4. The molecule has 0 N–H and O–H groups in total. The van der Waals surface area contributed by atoms with Crippen molar-refractivity contribution in [1.82, 2.24) is 19.9 Å². The number of halogens is 6. The van der Waals surface area contributed by atoms with Crippen molar-refractivity contribution in [3.05, 3.63) is 120 Å². The van der Waals surface area contributed by atoms with E-state index in [2.05, 4.69) is 33.8 Å². The normalized spacial score (nSPS) is 12.6. The molecule has 198 valence electrons. The fourth-order valence-corrected chi connectivity index (χ4v) is 2.83. The molecule has 0 unspecified atom stereocenters. The first-order valence-corrected chi connectivity index (χ1v) is 12.4. The molecule has 0 spiro atoms. The van der Waals surface area contributed by atoms with E-state index in [4.69, 9.17) is 0 Å². The number of hydrogen-bond donors (Lipinski definition) is 0. The fraction of sp³-hybridized carbons (Fsp3) is 0.167. The molecule has 0 aliphatic carbocycles. The van der Waals surface area contributed by atoms with Crippen LogP contribution in [0.2, 0.25) is 0 Å². The van der Waals surface area contributed by atoms with E-state index >= 15 is 0 Å². The van der Waals surface area contributed by atoms with E-state index in [-0.39, 0.29) is 28.9 Å². The Balaban J connectivity index is 0.000000283. The predicted molar refractivity (Wildman–Crippen MR) is 126 cm³/mol. The molecule has 0 bridgehead atoms. The first-order valence-electron chi connectivity index (χ1n) is 10.4. The fourth-order valence-electron chi connectivity index (χ4n) is 2.83. The average Bonchev–Trinajstić information content (AvgIpc) is 2.84. The standard InChI is InChI=1S/2C12H12N2.Cu.F6P/c2*1-10(11-6-2-4-8-13-11)12-7-3-5-9-14-12;;1-7(2,3,4,5)6/h2*2-10H,1H3;;/q;;+1;-1. The van der Waals surface area contributed by atoms with Gasteiger partial charge in [-0.15, -0.1) is 0 Å². The third kappa shape index (κ3) is 13.9. The zero-order valence-corrected chi connectivity index (χ0v) is 21.0. The Morgan fingerprint density at radius 3 is 0.806 bits per heavy atom. The summed E-state index contributed by atoms with van der Waals surface area (Å²) in [6.07, 6.45) is 7.26. The van der Waals surface area contributed by atoms with E-state index < -0.39 is 7.81 Å². The van der Waals surface area contributed by atoms with Crippen LogP contribution in [0.4, 0.5) is 25.2 Å². The second kappa shape index (κ2) is 12.4. The molecular formula is C24H24CuF6N4P. The summed E-state index contributed by atoms with van der Waals surface area (Å²) in [5, 5.41) is 0. The quantitative estimate of drug-likeness (QED) is 0.139. The van der Waals surface area contributed by atoms with Crippen molar-refractivity contribution in [3.63, 3.8) is 0 Å². The molecule has 0 fully saturated rings. The van der Waals surface area contributed by atoms with Crippen LogP contribution in [0.3, 0.4) is 0 Å². The average molecular weight is 577 g/mol. The van der Waals surface area contributed by atoms with Crippen molar-refractivity contribution in [2.24, 2.45) is 0 Å². The minimum absolute atomic E-state index is 0. The number of rotatable bonds is 4. The molecule has 0 saturated heterocycles. The molecule has 4 nitrogen and oxygen atoms in total. The SMILES string of the molecule is CC(c1ccccn1)c1ccccn1.CC(c1ccccn1)c1ccccn1.F[P-](F)(F)(F)(F)F.[Cu+]. The maximum atomic E-state index is 9.87. The summed E-state index contributed by atoms with van der Waals surface area (Å²) in [5.41, 5.74) is 4.25. The minimum atomic E-state index is -10.7. The van der Waals surface area contributed by atoms with Gasteiger partial charge in [0.15, 0.2) is 0 Å². The smallest absolute Gasteiger partial charge is 1.00 e. The second-order valence-corrected chi connectivity index (χ2v) is 9.34. The molecule has 12 heteroatoms. The van der Waals surface area contributed by atoms with Gasteiger partial charge in [0.05, 0.1) is 0 Å². The summed E-state index contributed by atoms with van der Waals surface area (Å²) >= 11 is 0. The summed E-state index contributed by atoms with van der Waals surface area (Å²) in [5.74, 6) is 0.523. The molecule has 4 aromatic heterocycles. The third-order valence-electron chi connectivity index (χ3n) is 4.53. The topological polar surface area (TPSA) is 51.6 Å². The van der Waals surface area contributed by atoms with Gasteiger partial charge in [-0.1, -0.05) is 38.1 Å². The molecule has 0 radical (unpaired) electrons. The molecule has 36 heavy (non-hydrogen) atoms. The number of aromatic nitrogens is 4. The van der Waals surface area contributed by atoms with Crippen molar-refractivity contribution in [2.45, 2.75) is 25.7 Å². The second-order valence-electron chi connectivity index (χ2n) is 7.42. The Hall–Kier alpha value is -2.87. The summed E-state index contributed by atoms with van der Waals surface area (Å²) in [6.45, 7) is 4.23. The van der Waals surface area contributed by atoms with Gasteiger partial charge in [0, 0.05) is 59.4 Å². The summed E-state index contributed by atoms with van der Waals surface area (Å²) < 4.78 is 59.2. The molecular weight excluding hydrogens is 553 g/mol. The van der Waals surface area contributed by atoms with Gasteiger partial charge in [-0.2, -0.15) is 0 Å². The molecule has 0 saturated carbocycles. The summed E-state index contributed by atoms with van der Waals surface area (Å²) in [4.78, 5) is 17.3. The van der Waals surface area contributed by atoms with Crippen LogP contribution in [-0.2, 0) is 17.1 Å². The van der Waals surface area contributed by atoms with E-state index in [9.17, 15) is 25.2 Å². The Labute approximate surface area is 216 Å². The monoisotopic (exact) mass is 576 g/mol. The van der Waals surface area contributed by atoms with Gasteiger partial charge in [-0.3, -0.25) is 19.9 Å². The molecule has 0 aliphatic rings. The van der Waals surface area contributed by atoms with E-state index in [1.165, 1.54) is 0 Å². The largest absolute Gasteiger partial charge is 1.00 e. The molecule has 0 amide bonds. The van der Waals surface area contributed by atoms with Crippen molar-refractivity contribution >= 4 is 7.81 Å². The van der Waals surface area contributed by atoms with Crippen LogP contribution >= 0.6 is 7.81 Å². The Morgan fingerprint density at radius 1 is 0.472 bits per heavy atom. The molecule has 4 heterocycles. The maximum Gasteiger partial charge on any atom is 1.00 e. The van der Waals surface area contributed by atoms with Crippen LogP contribution in [0.25, 0.3) is 0 Å². The first-order chi connectivity index (χ1) is 16.2. The molecule has 4 aromatic rings. The van der Waals surface area contributed by atoms with Crippen LogP contribution in [-0.4, -0.2) is 19.9 Å². The Kier molecular flexibility index (Phi) is 10.7. The zero-order chi connectivity index (χ0) is 26.0. The van der Waals surface area contributed by atoms with E-state index in [1.807, 2.05) is 97.6 Å². The Bertz CT molecular complexity index is 984. The van der Waals surface area contributed by atoms with Crippen LogP contribution in [0.5, 0.6) is 0 Å². The van der Waals surface area contributed by atoms with Gasteiger partial charge in [-0.25, -0.2) is 0 Å². The molecule has 0 atom stereocenters. The van der Waals surface area contributed by atoms with E-state index in [0.29, 0.717) is 0 Å². The van der Waals surface area contributed by atoms with Gasteiger partial charge >= 0.3 is 50.1 Å². The summed E-state index contributed by atoms with van der Waals surface area (Å²) in [7, 11) is -10.7. The van der Waals surface area contributed by atoms with Gasteiger partial charge in [-0.05, 0) is 48.5 Å². The number of hydrogen-bond acceptors (Lipinski definition) is 4. The zero-order valence-electron chi connectivity index (χ0n) is 19.2. The van der Waals surface area contributed by atoms with Gasteiger partial charge in [0.2, 0.25) is 0 Å². The third-order valence-corrected chi connectivity index (χ3v) is 4.53. The Morgan fingerprint density at radius 2 is 0.667 bits per heavy atom. The van der Waals surface area contributed by atoms with Crippen molar-refractivity contribution in [3.8, 4) is 0 Å². The van der Waals surface area contributed by atoms with Crippen LogP contribution in [0.15, 0.2) is 97.6 Å². The molecule has 0 aliphatic heterocycles. The van der Waals surface area contributed by atoms with E-state index in [1.54, 1.807) is 0 Å². The van der Waals surface area contributed by atoms with Gasteiger partial charge in [0.1, 0.15) is 0 Å².